The van der Waals surface area contributed by atoms with E-state index in [9.17, 15) is 5.11 Å². The fourth-order valence-corrected chi connectivity index (χ4v) is 1.32. The van der Waals surface area contributed by atoms with Crippen LogP contribution in [0.25, 0.3) is 0 Å². The zero-order valence-corrected chi connectivity index (χ0v) is 8.97. The maximum absolute atomic E-state index is 9.22. The van der Waals surface area contributed by atoms with Crippen molar-refractivity contribution in [1.82, 2.24) is 5.48 Å². The zero-order valence-electron chi connectivity index (χ0n) is 7.38. The van der Waals surface area contributed by atoms with E-state index in [1.54, 1.807) is 6.07 Å². The first kappa shape index (κ1) is 10.5. The average molecular weight is 246 g/mol. The Labute approximate surface area is 85.8 Å². The topological polar surface area (TPSA) is 41.5 Å². The third kappa shape index (κ3) is 3.34. The van der Waals surface area contributed by atoms with Gasteiger partial charge in [-0.2, -0.15) is 5.48 Å². The standard InChI is InChI=1S/C9H12BrNO2/c1-2-13-11-6-7-3-4-9(12)8(10)5-7/h3-5,11-12H,2,6H2,1H3. The average Bonchev–Trinajstić information content (AvgIpc) is 2.12. The number of phenols is 1. The Bertz CT molecular complexity index is 278. The fraction of sp³-hybridized carbons (Fsp3) is 0.333. The second-order valence-electron chi connectivity index (χ2n) is 2.54. The maximum atomic E-state index is 9.22. The molecule has 0 fully saturated rings. The van der Waals surface area contributed by atoms with Crippen molar-refractivity contribution in [2.75, 3.05) is 6.61 Å². The largest absolute Gasteiger partial charge is 0.507 e. The van der Waals surface area contributed by atoms with Gasteiger partial charge >= 0.3 is 0 Å². The fourth-order valence-electron chi connectivity index (χ4n) is 0.897. The number of phenolic OH excluding ortho intramolecular Hbond substituents is 1. The van der Waals surface area contributed by atoms with Gasteiger partial charge in [-0.05, 0) is 40.5 Å². The van der Waals surface area contributed by atoms with Gasteiger partial charge < -0.3 is 9.94 Å². The van der Waals surface area contributed by atoms with Crippen molar-refractivity contribution in [3.05, 3.63) is 28.2 Å². The minimum atomic E-state index is 0.250. The smallest absolute Gasteiger partial charge is 0.129 e. The molecular formula is C9H12BrNO2. The van der Waals surface area contributed by atoms with Gasteiger partial charge in [0, 0.05) is 6.54 Å². The van der Waals surface area contributed by atoms with E-state index < -0.39 is 0 Å². The van der Waals surface area contributed by atoms with Crippen molar-refractivity contribution in [2.45, 2.75) is 13.5 Å². The van der Waals surface area contributed by atoms with Crippen molar-refractivity contribution in [2.24, 2.45) is 0 Å². The van der Waals surface area contributed by atoms with Crippen molar-refractivity contribution >= 4 is 15.9 Å². The summed E-state index contributed by atoms with van der Waals surface area (Å²) in [5, 5.41) is 9.22. The lowest BCUT2D eigenvalue weighted by atomic mass is 10.2. The van der Waals surface area contributed by atoms with Crippen LogP contribution in [0.2, 0.25) is 0 Å². The lowest BCUT2D eigenvalue weighted by Crippen LogP contribution is -2.13. The molecule has 0 saturated heterocycles. The van der Waals surface area contributed by atoms with Crippen molar-refractivity contribution in [1.29, 1.82) is 0 Å². The Balaban J connectivity index is 2.53. The number of hydrogen-bond acceptors (Lipinski definition) is 3. The highest BCUT2D eigenvalue weighted by atomic mass is 79.9. The lowest BCUT2D eigenvalue weighted by molar-refractivity contribution is 0.0463. The molecule has 0 amide bonds. The number of rotatable bonds is 4. The summed E-state index contributed by atoms with van der Waals surface area (Å²) in [6.07, 6.45) is 0. The van der Waals surface area contributed by atoms with Gasteiger partial charge in [-0.1, -0.05) is 6.07 Å². The van der Waals surface area contributed by atoms with Crippen LogP contribution in [0.15, 0.2) is 22.7 Å². The van der Waals surface area contributed by atoms with Crippen LogP contribution in [0, 0.1) is 0 Å². The molecule has 0 bridgehead atoms. The Morgan fingerprint density at radius 1 is 1.54 bits per heavy atom. The molecule has 0 radical (unpaired) electrons. The van der Waals surface area contributed by atoms with Gasteiger partial charge in [-0.15, -0.1) is 0 Å². The van der Waals surface area contributed by atoms with E-state index in [1.807, 2.05) is 19.1 Å². The quantitative estimate of drug-likeness (QED) is 0.632. The molecule has 0 aromatic heterocycles. The summed E-state index contributed by atoms with van der Waals surface area (Å²) in [5.74, 6) is 0.250. The minimum Gasteiger partial charge on any atom is -0.507 e. The summed E-state index contributed by atoms with van der Waals surface area (Å²) in [7, 11) is 0. The van der Waals surface area contributed by atoms with Gasteiger partial charge in [-0.3, -0.25) is 0 Å². The monoisotopic (exact) mass is 245 g/mol. The molecule has 72 valence electrons. The van der Waals surface area contributed by atoms with Gasteiger partial charge in [0.15, 0.2) is 0 Å². The number of aromatic hydroxyl groups is 1. The molecule has 4 heteroatoms. The number of hydrogen-bond donors (Lipinski definition) is 2. The molecule has 3 nitrogen and oxygen atoms in total. The summed E-state index contributed by atoms with van der Waals surface area (Å²) in [5.41, 5.74) is 3.85. The molecule has 0 spiro atoms. The third-order valence-electron chi connectivity index (χ3n) is 1.53. The number of nitrogens with one attached hydrogen (secondary N) is 1. The third-order valence-corrected chi connectivity index (χ3v) is 2.17. The van der Waals surface area contributed by atoms with Crippen LogP contribution in [0.1, 0.15) is 12.5 Å². The van der Waals surface area contributed by atoms with Crippen LogP contribution in [0.3, 0.4) is 0 Å². The van der Waals surface area contributed by atoms with Crippen LogP contribution in [0.5, 0.6) is 5.75 Å². The summed E-state index contributed by atoms with van der Waals surface area (Å²) in [6.45, 7) is 3.19. The molecule has 1 aromatic carbocycles. The van der Waals surface area contributed by atoms with Crippen LogP contribution in [0.4, 0.5) is 0 Å². The summed E-state index contributed by atoms with van der Waals surface area (Å²) in [6, 6.07) is 5.33. The molecule has 0 saturated carbocycles. The Kier molecular flexibility index (Phi) is 4.21. The van der Waals surface area contributed by atoms with E-state index in [-0.39, 0.29) is 5.75 Å². The first-order chi connectivity index (χ1) is 6.24. The summed E-state index contributed by atoms with van der Waals surface area (Å²) >= 11 is 3.24. The predicted octanol–water partition coefficient (Wildman–Crippen LogP) is 2.20. The molecule has 1 rings (SSSR count). The normalized spacial score (nSPS) is 10.3. The molecule has 0 unspecified atom stereocenters. The number of hydroxylamine groups is 1. The lowest BCUT2D eigenvalue weighted by Gasteiger charge is -2.04. The predicted molar refractivity (Wildman–Crippen MR) is 54.3 cm³/mol. The second-order valence-corrected chi connectivity index (χ2v) is 3.39. The molecule has 0 aliphatic heterocycles. The molecule has 2 N–H and O–H groups in total. The maximum Gasteiger partial charge on any atom is 0.129 e. The van der Waals surface area contributed by atoms with Gasteiger partial charge in [-0.25, -0.2) is 0 Å². The Morgan fingerprint density at radius 2 is 2.31 bits per heavy atom. The first-order valence-corrected chi connectivity index (χ1v) is 4.85. The SMILES string of the molecule is CCONCc1ccc(O)c(Br)c1. The van der Waals surface area contributed by atoms with E-state index in [1.165, 1.54) is 0 Å². The van der Waals surface area contributed by atoms with Crippen LogP contribution < -0.4 is 5.48 Å². The Morgan fingerprint density at radius 3 is 2.92 bits per heavy atom. The van der Waals surface area contributed by atoms with E-state index >= 15 is 0 Å². The molecule has 13 heavy (non-hydrogen) atoms. The number of benzene rings is 1. The van der Waals surface area contributed by atoms with E-state index in [0.717, 1.165) is 5.56 Å². The van der Waals surface area contributed by atoms with Crippen LogP contribution in [-0.4, -0.2) is 11.7 Å². The van der Waals surface area contributed by atoms with Crippen molar-refractivity contribution < 1.29 is 9.94 Å². The minimum absolute atomic E-state index is 0.250. The molecule has 0 aliphatic carbocycles. The van der Waals surface area contributed by atoms with Crippen molar-refractivity contribution in [3.8, 4) is 5.75 Å². The highest BCUT2D eigenvalue weighted by molar-refractivity contribution is 9.10. The van der Waals surface area contributed by atoms with Gasteiger partial charge in [0.2, 0.25) is 0 Å². The zero-order chi connectivity index (χ0) is 9.68. The van der Waals surface area contributed by atoms with Gasteiger partial charge in [0.25, 0.3) is 0 Å². The molecule has 1 aromatic rings. The van der Waals surface area contributed by atoms with Gasteiger partial charge in [0.05, 0.1) is 11.1 Å². The first-order valence-electron chi connectivity index (χ1n) is 4.06. The summed E-state index contributed by atoms with van der Waals surface area (Å²) in [4.78, 5) is 4.98. The van der Waals surface area contributed by atoms with E-state index in [2.05, 4.69) is 21.4 Å². The summed E-state index contributed by atoms with van der Waals surface area (Å²) < 4.78 is 0.697. The highest BCUT2D eigenvalue weighted by Gasteiger charge is 1.98. The number of halogens is 1. The molecule has 0 atom stereocenters. The van der Waals surface area contributed by atoms with Gasteiger partial charge in [0.1, 0.15) is 5.75 Å². The molecule has 0 heterocycles. The van der Waals surface area contributed by atoms with E-state index in [4.69, 9.17) is 4.84 Å². The van der Waals surface area contributed by atoms with Crippen LogP contribution >= 0.6 is 15.9 Å². The van der Waals surface area contributed by atoms with E-state index in [0.29, 0.717) is 17.6 Å². The van der Waals surface area contributed by atoms with Crippen LogP contribution in [-0.2, 0) is 11.4 Å². The second kappa shape index (κ2) is 5.21. The van der Waals surface area contributed by atoms with Crippen molar-refractivity contribution in [3.63, 3.8) is 0 Å². The molecular weight excluding hydrogens is 234 g/mol. The highest BCUT2D eigenvalue weighted by Crippen LogP contribution is 2.23. The Hall–Kier alpha value is -0.580. The molecule has 0 aliphatic rings.